The van der Waals surface area contributed by atoms with Crippen molar-refractivity contribution in [2.45, 2.75) is 77.0 Å². The van der Waals surface area contributed by atoms with Gasteiger partial charge in [-0.1, -0.05) is 12.8 Å². The third kappa shape index (κ3) is 3.89. The molecule has 1 unspecified atom stereocenters. The Labute approximate surface area is 127 Å². The number of likely N-dealkylation sites (tertiary alicyclic amines) is 1. The van der Waals surface area contributed by atoms with Crippen LogP contribution in [-0.2, 0) is 9.53 Å². The van der Waals surface area contributed by atoms with Crippen molar-refractivity contribution in [1.82, 2.24) is 9.80 Å². The monoisotopic (exact) mass is 296 g/mol. The third-order valence-electron chi connectivity index (χ3n) is 4.39. The van der Waals surface area contributed by atoms with E-state index in [-0.39, 0.29) is 18.0 Å². The van der Waals surface area contributed by atoms with Gasteiger partial charge in [-0.05, 0) is 46.5 Å². The van der Waals surface area contributed by atoms with Gasteiger partial charge in [0.15, 0.2) is 0 Å². The molecular formula is C16H28N2O3. The Bertz CT molecular complexity index is 397. The number of carbonyl (C=O) groups is 2. The largest absolute Gasteiger partial charge is 0.444 e. The van der Waals surface area contributed by atoms with Gasteiger partial charge in [0.2, 0.25) is 5.91 Å². The SMILES string of the molecule is CN(C(=O)C1CCCN1C(=O)OC(C)(C)C)C1CCCC1. The molecule has 1 heterocycles. The lowest BCUT2D eigenvalue weighted by Crippen LogP contribution is -2.50. The Morgan fingerprint density at radius 2 is 1.71 bits per heavy atom. The van der Waals surface area contributed by atoms with Crippen LogP contribution in [0.4, 0.5) is 4.79 Å². The van der Waals surface area contributed by atoms with Gasteiger partial charge < -0.3 is 9.64 Å². The molecule has 1 atom stereocenters. The van der Waals surface area contributed by atoms with E-state index in [1.807, 2.05) is 32.7 Å². The van der Waals surface area contributed by atoms with Crippen LogP contribution in [0.5, 0.6) is 0 Å². The van der Waals surface area contributed by atoms with E-state index >= 15 is 0 Å². The molecule has 120 valence electrons. The van der Waals surface area contributed by atoms with Gasteiger partial charge in [-0.25, -0.2) is 4.79 Å². The highest BCUT2D eigenvalue weighted by atomic mass is 16.6. The second-order valence-corrected chi connectivity index (χ2v) is 7.22. The first kappa shape index (κ1) is 16.1. The summed E-state index contributed by atoms with van der Waals surface area (Å²) in [6.45, 7) is 6.16. The molecule has 2 rings (SSSR count). The second kappa shape index (κ2) is 6.24. The molecule has 21 heavy (non-hydrogen) atoms. The van der Waals surface area contributed by atoms with E-state index in [1.54, 1.807) is 4.90 Å². The summed E-state index contributed by atoms with van der Waals surface area (Å²) < 4.78 is 5.42. The minimum Gasteiger partial charge on any atom is -0.444 e. The quantitative estimate of drug-likeness (QED) is 0.787. The average Bonchev–Trinajstić information content (AvgIpc) is 3.05. The van der Waals surface area contributed by atoms with E-state index < -0.39 is 5.60 Å². The third-order valence-corrected chi connectivity index (χ3v) is 4.39. The summed E-state index contributed by atoms with van der Waals surface area (Å²) in [6, 6.07) is 0.00374. The number of rotatable bonds is 2. The van der Waals surface area contributed by atoms with E-state index in [9.17, 15) is 9.59 Å². The van der Waals surface area contributed by atoms with Crippen LogP contribution in [0, 0.1) is 0 Å². The number of ether oxygens (including phenoxy) is 1. The van der Waals surface area contributed by atoms with Gasteiger partial charge in [0.05, 0.1) is 0 Å². The number of hydrogen-bond donors (Lipinski definition) is 0. The molecule has 1 aliphatic carbocycles. The van der Waals surface area contributed by atoms with Crippen LogP contribution in [0.25, 0.3) is 0 Å². The van der Waals surface area contributed by atoms with E-state index in [0.29, 0.717) is 12.6 Å². The number of nitrogens with zero attached hydrogens (tertiary/aromatic N) is 2. The van der Waals surface area contributed by atoms with Gasteiger partial charge in [0.25, 0.3) is 0 Å². The predicted octanol–water partition coefficient (Wildman–Crippen LogP) is 2.79. The summed E-state index contributed by atoms with van der Waals surface area (Å²) in [4.78, 5) is 28.4. The molecule has 0 N–H and O–H groups in total. The zero-order valence-corrected chi connectivity index (χ0v) is 13.7. The van der Waals surface area contributed by atoms with Crippen LogP contribution in [0.1, 0.15) is 59.3 Å². The van der Waals surface area contributed by atoms with Crippen LogP contribution >= 0.6 is 0 Å². The highest BCUT2D eigenvalue weighted by Gasteiger charge is 2.39. The summed E-state index contributed by atoms with van der Waals surface area (Å²) >= 11 is 0. The van der Waals surface area contributed by atoms with Crippen molar-refractivity contribution in [2.75, 3.05) is 13.6 Å². The van der Waals surface area contributed by atoms with Gasteiger partial charge >= 0.3 is 6.09 Å². The summed E-state index contributed by atoms with van der Waals surface area (Å²) in [7, 11) is 1.88. The lowest BCUT2D eigenvalue weighted by atomic mass is 10.1. The Morgan fingerprint density at radius 3 is 2.29 bits per heavy atom. The fourth-order valence-electron chi connectivity index (χ4n) is 3.27. The van der Waals surface area contributed by atoms with Gasteiger partial charge in [0.1, 0.15) is 11.6 Å². The Morgan fingerprint density at radius 1 is 1.10 bits per heavy atom. The van der Waals surface area contributed by atoms with Crippen LogP contribution in [0.15, 0.2) is 0 Å². The van der Waals surface area contributed by atoms with Crippen molar-refractivity contribution in [3.8, 4) is 0 Å². The fraction of sp³-hybridized carbons (Fsp3) is 0.875. The Balaban J connectivity index is 2.00. The maximum atomic E-state index is 12.7. The zero-order valence-electron chi connectivity index (χ0n) is 13.7. The Hall–Kier alpha value is -1.26. The molecule has 5 heteroatoms. The first-order valence-corrected chi connectivity index (χ1v) is 8.06. The van der Waals surface area contributed by atoms with Crippen LogP contribution in [-0.4, -0.2) is 53.1 Å². The molecule has 1 aliphatic heterocycles. The second-order valence-electron chi connectivity index (χ2n) is 7.22. The highest BCUT2D eigenvalue weighted by Crippen LogP contribution is 2.27. The number of carbonyl (C=O) groups excluding carboxylic acids is 2. The van der Waals surface area contributed by atoms with Gasteiger partial charge in [-0.2, -0.15) is 0 Å². The van der Waals surface area contributed by atoms with Gasteiger partial charge in [0, 0.05) is 19.6 Å². The zero-order chi connectivity index (χ0) is 15.6. The topological polar surface area (TPSA) is 49.9 Å². The number of likely N-dealkylation sites (N-methyl/N-ethyl adjacent to an activating group) is 1. The Kier molecular flexibility index (Phi) is 4.79. The van der Waals surface area contributed by atoms with Crippen molar-refractivity contribution < 1.29 is 14.3 Å². The molecule has 1 saturated heterocycles. The van der Waals surface area contributed by atoms with Crippen LogP contribution in [0.2, 0.25) is 0 Å². The highest BCUT2D eigenvalue weighted by molar-refractivity contribution is 5.86. The predicted molar refractivity (Wildman–Crippen MR) is 81.0 cm³/mol. The van der Waals surface area contributed by atoms with E-state index in [1.165, 1.54) is 12.8 Å². The lowest BCUT2D eigenvalue weighted by molar-refractivity contribution is -0.136. The number of amides is 2. The summed E-state index contributed by atoms with van der Waals surface area (Å²) in [5.74, 6) is 0.0743. The van der Waals surface area contributed by atoms with E-state index in [0.717, 1.165) is 25.7 Å². The van der Waals surface area contributed by atoms with Crippen LogP contribution in [0.3, 0.4) is 0 Å². The molecule has 5 nitrogen and oxygen atoms in total. The van der Waals surface area contributed by atoms with Crippen molar-refractivity contribution in [1.29, 1.82) is 0 Å². The number of hydrogen-bond acceptors (Lipinski definition) is 3. The first-order valence-electron chi connectivity index (χ1n) is 8.06. The normalized spacial score (nSPS) is 23.4. The van der Waals surface area contributed by atoms with Crippen molar-refractivity contribution in [2.24, 2.45) is 0 Å². The molecular weight excluding hydrogens is 268 g/mol. The molecule has 0 aromatic heterocycles. The molecule has 0 spiro atoms. The standard InChI is InChI=1S/C16H28N2O3/c1-16(2,3)21-15(20)18-11-7-10-13(18)14(19)17(4)12-8-5-6-9-12/h12-13H,5-11H2,1-4H3. The minimum atomic E-state index is -0.523. The summed E-state index contributed by atoms with van der Waals surface area (Å²) in [5, 5.41) is 0. The smallest absolute Gasteiger partial charge is 0.410 e. The van der Waals surface area contributed by atoms with Crippen molar-refractivity contribution in [3.63, 3.8) is 0 Å². The van der Waals surface area contributed by atoms with Gasteiger partial charge in [-0.15, -0.1) is 0 Å². The maximum absolute atomic E-state index is 12.7. The molecule has 1 saturated carbocycles. The van der Waals surface area contributed by atoms with Crippen molar-refractivity contribution >= 4 is 12.0 Å². The minimum absolute atomic E-state index is 0.0743. The molecule has 0 aromatic carbocycles. The molecule has 2 fully saturated rings. The average molecular weight is 296 g/mol. The lowest BCUT2D eigenvalue weighted by Gasteiger charge is -2.32. The molecule has 0 aromatic rings. The summed E-state index contributed by atoms with van der Waals surface area (Å²) in [6.07, 6.45) is 5.82. The van der Waals surface area contributed by atoms with Crippen molar-refractivity contribution in [3.05, 3.63) is 0 Å². The molecule has 0 radical (unpaired) electrons. The molecule has 2 amide bonds. The fourth-order valence-corrected chi connectivity index (χ4v) is 3.27. The first-order chi connectivity index (χ1) is 9.79. The van der Waals surface area contributed by atoms with E-state index in [2.05, 4.69) is 0 Å². The van der Waals surface area contributed by atoms with E-state index in [4.69, 9.17) is 4.74 Å². The van der Waals surface area contributed by atoms with Crippen LogP contribution < -0.4 is 0 Å². The summed E-state index contributed by atoms with van der Waals surface area (Å²) in [5.41, 5.74) is -0.523. The maximum Gasteiger partial charge on any atom is 0.410 e. The molecule has 0 bridgehead atoms. The van der Waals surface area contributed by atoms with Gasteiger partial charge in [-0.3, -0.25) is 9.69 Å². The molecule has 2 aliphatic rings.